The Balaban J connectivity index is 1.40. The van der Waals surface area contributed by atoms with Gasteiger partial charge in [-0.2, -0.15) is 4.98 Å². The molecule has 1 aliphatic heterocycles. The molecule has 0 bridgehead atoms. The summed E-state index contributed by atoms with van der Waals surface area (Å²) in [5, 5.41) is 7.52. The number of nitrogens with one attached hydrogen (secondary N) is 1. The molecule has 1 aromatic heterocycles. The van der Waals surface area contributed by atoms with Crippen LogP contribution in [-0.2, 0) is 4.79 Å². The van der Waals surface area contributed by atoms with Gasteiger partial charge in [-0.3, -0.25) is 9.59 Å². The van der Waals surface area contributed by atoms with Gasteiger partial charge in [0.05, 0.1) is 0 Å². The number of carbonyl (C=O) groups excluding carboxylic acids is 2. The largest absolute Gasteiger partial charge is 0.339 e. The first-order valence-electron chi connectivity index (χ1n) is 10.2. The highest BCUT2D eigenvalue weighted by atomic mass is 35.5. The molecule has 1 aliphatic rings. The number of aromatic nitrogens is 2. The number of nitrogens with zero attached hydrogens (tertiary/aromatic N) is 3. The lowest BCUT2D eigenvalue weighted by Gasteiger charge is -2.30. The lowest BCUT2D eigenvalue weighted by Crippen LogP contribution is -2.38. The first kappa shape index (κ1) is 21.1. The van der Waals surface area contributed by atoms with Crippen LogP contribution in [0.15, 0.2) is 47.0 Å². The summed E-state index contributed by atoms with van der Waals surface area (Å²) in [5.41, 5.74) is 2.99. The van der Waals surface area contributed by atoms with Crippen molar-refractivity contribution in [3.8, 4) is 11.4 Å². The van der Waals surface area contributed by atoms with Crippen LogP contribution in [0.2, 0.25) is 5.02 Å². The Morgan fingerprint density at radius 3 is 2.52 bits per heavy atom. The number of carbonyl (C=O) groups is 2. The Morgan fingerprint density at radius 2 is 1.84 bits per heavy atom. The number of hydrogen-bond donors (Lipinski definition) is 1. The van der Waals surface area contributed by atoms with Gasteiger partial charge >= 0.3 is 0 Å². The molecule has 4 rings (SSSR count). The second kappa shape index (κ2) is 8.89. The molecule has 2 aromatic carbocycles. The zero-order valence-corrected chi connectivity index (χ0v) is 18.1. The van der Waals surface area contributed by atoms with Crippen LogP contribution in [0.4, 0.5) is 5.69 Å². The second-order valence-electron chi connectivity index (χ2n) is 7.74. The molecule has 31 heavy (non-hydrogen) atoms. The van der Waals surface area contributed by atoms with Crippen molar-refractivity contribution >= 4 is 29.1 Å². The number of amides is 2. The predicted octanol–water partition coefficient (Wildman–Crippen LogP) is 4.68. The standard InChI is InChI=1S/C23H23ClN4O3/c1-14-3-4-18(13-20(14)25-15(2)29)23(30)28-11-9-17(10-12-28)22-26-21(27-31-22)16-5-7-19(24)8-6-16/h3-8,13,17H,9-12H2,1-2H3,(H,25,29). The maximum atomic E-state index is 13.0. The molecule has 1 saturated heterocycles. The van der Waals surface area contributed by atoms with Crippen LogP contribution in [0.5, 0.6) is 0 Å². The maximum Gasteiger partial charge on any atom is 0.253 e. The number of hydrogen-bond acceptors (Lipinski definition) is 5. The molecule has 0 unspecified atom stereocenters. The lowest BCUT2D eigenvalue weighted by molar-refractivity contribution is -0.114. The fourth-order valence-corrected chi connectivity index (χ4v) is 3.83. The maximum absolute atomic E-state index is 13.0. The van der Waals surface area contributed by atoms with Gasteiger partial charge in [-0.1, -0.05) is 22.8 Å². The van der Waals surface area contributed by atoms with E-state index in [1.807, 2.05) is 30.0 Å². The Morgan fingerprint density at radius 1 is 1.13 bits per heavy atom. The van der Waals surface area contributed by atoms with E-state index in [0.29, 0.717) is 41.1 Å². The Kier molecular flexibility index (Phi) is 6.04. The van der Waals surface area contributed by atoms with Gasteiger partial charge in [0, 0.05) is 47.8 Å². The Labute approximate surface area is 185 Å². The van der Waals surface area contributed by atoms with E-state index in [-0.39, 0.29) is 17.7 Å². The van der Waals surface area contributed by atoms with Crippen LogP contribution in [0.1, 0.15) is 47.5 Å². The molecule has 3 aromatic rings. The van der Waals surface area contributed by atoms with Gasteiger partial charge in [-0.25, -0.2) is 0 Å². The van der Waals surface area contributed by atoms with Crippen LogP contribution < -0.4 is 5.32 Å². The van der Waals surface area contributed by atoms with Crippen molar-refractivity contribution in [2.24, 2.45) is 0 Å². The average molecular weight is 439 g/mol. The first-order valence-corrected chi connectivity index (χ1v) is 10.6. The third-order valence-electron chi connectivity index (χ3n) is 5.47. The van der Waals surface area contributed by atoms with E-state index in [1.165, 1.54) is 6.92 Å². The first-order chi connectivity index (χ1) is 14.9. The van der Waals surface area contributed by atoms with Gasteiger partial charge in [-0.15, -0.1) is 0 Å². The fraction of sp³-hybridized carbons (Fsp3) is 0.304. The van der Waals surface area contributed by atoms with E-state index in [4.69, 9.17) is 16.1 Å². The normalized spacial score (nSPS) is 14.5. The molecule has 0 aliphatic carbocycles. The van der Waals surface area contributed by atoms with Crippen molar-refractivity contribution in [1.82, 2.24) is 15.0 Å². The van der Waals surface area contributed by atoms with Crippen molar-refractivity contribution in [2.75, 3.05) is 18.4 Å². The van der Waals surface area contributed by atoms with Crippen molar-refractivity contribution in [2.45, 2.75) is 32.6 Å². The topological polar surface area (TPSA) is 88.3 Å². The highest BCUT2D eigenvalue weighted by Crippen LogP contribution is 2.30. The predicted molar refractivity (Wildman–Crippen MR) is 118 cm³/mol. The van der Waals surface area contributed by atoms with E-state index >= 15 is 0 Å². The number of benzene rings is 2. The molecule has 0 saturated carbocycles. The number of anilines is 1. The van der Waals surface area contributed by atoms with Crippen LogP contribution in [0, 0.1) is 6.92 Å². The van der Waals surface area contributed by atoms with Gasteiger partial charge in [0.2, 0.25) is 17.6 Å². The number of rotatable bonds is 4. The molecule has 0 radical (unpaired) electrons. The highest BCUT2D eigenvalue weighted by molar-refractivity contribution is 6.30. The van der Waals surface area contributed by atoms with Crippen molar-refractivity contribution < 1.29 is 14.1 Å². The number of piperidine rings is 1. The molecule has 1 N–H and O–H groups in total. The van der Waals surface area contributed by atoms with E-state index in [2.05, 4.69) is 15.5 Å². The summed E-state index contributed by atoms with van der Waals surface area (Å²) in [7, 11) is 0. The molecule has 0 spiro atoms. The minimum absolute atomic E-state index is 0.0440. The quantitative estimate of drug-likeness (QED) is 0.639. The molecule has 160 valence electrons. The fourth-order valence-electron chi connectivity index (χ4n) is 3.71. The minimum Gasteiger partial charge on any atom is -0.339 e. The summed E-state index contributed by atoms with van der Waals surface area (Å²) in [6.45, 7) is 4.55. The molecular formula is C23H23ClN4O3. The third-order valence-corrected chi connectivity index (χ3v) is 5.72. The summed E-state index contributed by atoms with van der Waals surface area (Å²) < 4.78 is 5.50. The minimum atomic E-state index is -0.161. The molecule has 2 heterocycles. The molecule has 0 atom stereocenters. The molecule has 8 heteroatoms. The van der Waals surface area contributed by atoms with Crippen LogP contribution in [-0.4, -0.2) is 39.9 Å². The van der Waals surface area contributed by atoms with Crippen LogP contribution in [0.25, 0.3) is 11.4 Å². The van der Waals surface area contributed by atoms with Gasteiger partial charge < -0.3 is 14.7 Å². The Bertz CT molecular complexity index is 1100. The lowest BCUT2D eigenvalue weighted by atomic mass is 9.96. The van der Waals surface area contributed by atoms with Gasteiger partial charge in [-0.05, 0) is 61.7 Å². The van der Waals surface area contributed by atoms with Crippen molar-refractivity contribution in [3.63, 3.8) is 0 Å². The third kappa shape index (κ3) is 4.77. The van der Waals surface area contributed by atoms with Gasteiger partial charge in [0.15, 0.2) is 0 Å². The average Bonchev–Trinajstić information content (AvgIpc) is 3.25. The Hall–Kier alpha value is -3.19. The number of likely N-dealkylation sites (tertiary alicyclic amines) is 1. The van der Waals surface area contributed by atoms with E-state index in [0.717, 1.165) is 24.0 Å². The smallest absolute Gasteiger partial charge is 0.253 e. The van der Waals surface area contributed by atoms with Gasteiger partial charge in [0.1, 0.15) is 0 Å². The van der Waals surface area contributed by atoms with Crippen molar-refractivity contribution in [3.05, 3.63) is 64.5 Å². The van der Waals surface area contributed by atoms with E-state index in [9.17, 15) is 9.59 Å². The molecule has 2 amide bonds. The molecule has 1 fully saturated rings. The van der Waals surface area contributed by atoms with Crippen molar-refractivity contribution in [1.29, 1.82) is 0 Å². The second-order valence-corrected chi connectivity index (χ2v) is 8.18. The SMILES string of the molecule is CC(=O)Nc1cc(C(=O)N2CCC(c3nc(-c4ccc(Cl)cc4)no3)CC2)ccc1C. The summed E-state index contributed by atoms with van der Waals surface area (Å²) in [5.74, 6) is 1.05. The summed E-state index contributed by atoms with van der Waals surface area (Å²) in [6.07, 6.45) is 1.50. The summed E-state index contributed by atoms with van der Waals surface area (Å²) >= 11 is 5.93. The van der Waals surface area contributed by atoms with Gasteiger partial charge in [0.25, 0.3) is 5.91 Å². The zero-order valence-electron chi connectivity index (χ0n) is 17.4. The zero-order chi connectivity index (χ0) is 22.0. The molecule has 7 nitrogen and oxygen atoms in total. The molecular weight excluding hydrogens is 416 g/mol. The van der Waals surface area contributed by atoms with Crippen LogP contribution >= 0.6 is 11.6 Å². The van der Waals surface area contributed by atoms with E-state index in [1.54, 1.807) is 24.3 Å². The monoisotopic (exact) mass is 438 g/mol. The summed E-state index contributed by atoms with van der Waals surface area (Å²) in [6, 6.07) is 12.7. The number of halogens is 1. The highest BCUT2D eigenvalue weighted by Gasteiger charge is 2.28. The summed E-state index contributed by atoms with van der Waals surface area (Å²) in [4.78, 5) is 30.7. The van der Waals surface area contributed by atoms with Crippen LogP contribution in [0.3, 0.4) is 0 Å². The van der Waals surface area contributed by atoms with E-state index < -0.39 is 0 Å². The number of aryl methyl sites for hydroxylation is 1.